The van der Waals surface area contributed by atoms with Gasteiger partial charge in [0.1, 0.15) is 0 Å². The fourth-order valence-electron chi connectivity index (χ4n) is 3.32. The topological polar surface area (TPSA) is 66.8 Å². The fourth-order valence-corrected chi connectivity index (χ4v) is 3.32. The van der Waals surface area contributed by atoms with Crippen molar-refractivity contribution in [1.29, 1.82) is 0 Å². The van der Waals surface area contributed by atoms with Gasteiger partial charge in [-0.1, -0.05) is 13.8 Å². The van der Waals surface area contributed by atoms with Gasteiger partial charge < -0.3 is 14.7 Å². The van der Waals surface area contributed by atoms with Crippen molar-refractivity contribution in [1.82, 2.24) is 4.90 Å². The summed E-state index contributed by atoms with van der Waals surface area (Å²) in [5.74, 6) is -0.903. The maximum Gasteiger partial charge on any atom is 0.309 e. The normalized spacial score (nSPS) is 34.3. The SMILES string of the molecule is CC1(C)[C@H](C(=O)N2CCOCC2)CC[C@]1(C)C(=O)O. The quantitative estimate of drug-likeness (QED) is 0.822. The minimum atomic E-state index is -0.820. The minimum absolute atomic E-state index is 0.0956. The Labute approximate surface area is 113 Å². The summed E-state index contributed by atoms with van der Waals surface area (Å²) in [4.78, 5) is 26.0. The van der Waals surface area contributed by atoms with Crippen molar-refractivity contribution in [3.05, 3.63) is 0 Å². The average Bonchev–Trinajstić information content (AvgIpc) is 2.62. The highest BCUT2D eigenvalue weighted by molar-refractivity contribution is 5.84. The van der Waals surface area contributed by atoms with Crippen LogP contribution in [0.1, 0.15) is 33.6 Å². The lowest BCUT2D eigenvalue weighted by Gasteiger charge is -2.40. The Morgan fingerprint density at radius 2 is 1.79 bits per heavy atom. The van der Waals surface area contributed by atoms with E-state index in [4.69, 9.17) is 4.74 Å². The van der Waals surface area contributed by atoms with Gasteiger partial charge in [-0.25, -0.2) is 0 Å². The summed E-state index contributed by atoms with van der Waals surface area (Å²) in [6, 6.07) is 0. The molecule has 1 aliphatic carbocycles. The van der Waals surface area contributed by atoms with Crippen LogP contribution in [0.25, 0.3) is 0 Å². The third-order valence-corrected chi connectivity index (χ3v) is 5.32. The van der Waals surface area contributed by atoms with Gasteiger partial charge in [-0.3, -0.25) is 9.59 Å². The van der Waals surface area contributed by atoms with Gasteiger partial charge in [0.2, 0.25) is 5.91 Å². The van der Waals surface area contributed by atoms with Crippen molar-refractivity contribution in [3.8, 4) is 0 Å². The molecule has 0 aromatic heterocycles. The minimum Gasteiger partial charge on any atom is -0.481 e. The van der Waals surface area contributed by atoms with Gasteiger partial charge in [0, 0.05) is 19.0 Å². The molecule has 1 saturated carbocycles. The summed E-state index contributed by atoms with van der Waals surface area (Å²) in [6.07, 6.45) is 1.22. The third-order valence-electron chi connectivity index (χ3n) is 5.32. The molecule has 5 heteroatoms. The van der Waals surface area contributed by atoms with E-state index >= 15 is 0 Å². The number of nitrogens with zero attached hydrogens (tertiary/aromatic N) is 1. The summed E-state index contributed by atoms with van der Waals surface area (Å²) in [5, 5.41) is 9.47. The number of hydrogen-bond acceptors (Lipinski definition) is 3. The Balaban J connectivity index is 2.17. The molecule has 0 aromatic carbocycles. The number of carboxylic acid groups (broad SMARTS) is 1. The van der Waals surface area contributed by atoms with E-state index in [1.54, 1.807) is 6.92 Å². The fraction of sp³-hybridized carbons (Fsp3) is 0.857. The number of rotatable bonds is 2. The molecule has 2 aliphatic rings. The van der Waals surface area contributed by atoms with Gasteiger partial charge in [0.25, 0.3) is 0 Å². The Kier molecular flexibility index (Phi) is 3.60. The summed E-state index contributed by atoms with van der Waals surface area (Å²) in [6.45, 7) is 7.99. The van der Waals surface area contributed by atoms with E-state index in [-0.39, 0.29) is 11.8 Å². The molecule has 0 spiro atoms. The highest BCUT2D eigenvalue weighted by atomic mass is 16.5. The first-order chi connectivity index (χ1) is 8.80. The van der Waals surface area contributed by atoms with Crippen molar-refractivity contribution in [2.75, 3.05) is 26.3 Å². The number of carbonyl (C=O) groups is 2. The number of aliphatic carboxylic acids is 1. The van der Waals surface area contributed by atoms with Crippen LogP contribution >= 0.6 is 0 Å². The molecule has 108 valence electrons. The van der Waals surface area contributed by atoms with E-state index in [9.17, 15) is 14.7 Å². The first-order valence-electron chi connectivity index (χ1n) is 6.90. The molecular formula is C14H23NO4. The van der Waals surface area contributed by atoms with Gasteiger partial charge in [0.05, 0.1) is 18.6 Å². The van der Waals surface area contributed by atoms with E-state index < -0.39 is 16.8 Å². The van der Waals surface area contributed by atoms with E-state index in [0.29, 0.717) is 39.1 Å². The van der Waals surface area contributed by atoms with Gasteiger partial charge in [-0.15, -0.1) is 0 Å². The molecule has 0 radical (unpaired) electrons. The van der Waals surface area contributed by atoms with Crippen LogP contribution in [0.5, 0.6) is 0 Å². The molecule has 2 fully saturated rings. The molecule has 1 N–H and O–H groups in total. The number of morpholine rings is 1. The molecule has 1 aliphatic heterocycles. The van der Waals surface area contributed by atoms with Crippen LogP contribution in [-0.4, -0.2) is 48.2 Å². The van der Waals surface area contributed by atoms with Crippen molar-refractivity contribution in [2.45, 2.75) is 33.6 Å². The number of amides is 1. The zero-order valence-electron chi connectivity index (χ0n) is 11.9. The van der Waals surface area contributed by atoms with Crippen molar-refractivity contribution < 1.29 is 19.4 Å². The molecule has 0 bridgehead atoms. The van der Waals surface area contributed by atoms with Crippen molar-refractivity contribution in [2.24, 2.45) is 16.7 Å². The highest BCUT2D eigenvalue weighted by Gasteiger charge is 2.58. The predicted molar refractivity (Wildman–Crippen MR) is 69.6 cm³/mol. The number of carboxylic acids is 1. The maximum atomic E-state index is 12.6. The second-order valence-electron chi connectivity index (χ2n) is 6.39. The lowest BCUT2D eigenvalue weighted by Crippen LogP contribution is -2.49. The largest absolute Gasteiger partial charge is 0.481 e. The Hall–Kier alpha value is -1.10. The van der Waals surface area contributed by atoms with E-state index in [1.165, 1.54) is 0 Å². The van der Waals surface area contributed by atoms with E-state index in [2.05, 4.69) is 0 Å². The van der Waals surface area contributed by atoms with Crippen molar-refractivity contribution >= 4 is 11.9 Å². The van der Waals surface area contributed by atoms with Gasteiger partial charge in [-0.05, 0) is 25.2 Å². The summed E-state index contributed by atoms with van der Waals surface area (Å²) in [5.41, 5.74) is -1.34. The van der Waals surface area contributed by atoms with Crippen molar-refractivity contribution in [3.63, 3.8) is 0 Å². The molecule has 19 heavy (non-hydrogen) atoms. The van der Waals surface area contributed by atoms with Crippen LogP contribution in [0.15, 0.2) is 0 Å². The number of carbonyl (C=O) groups excluding carboxylic acids is 1. The van der Waals surface area contributed by atoms with E-state index in [1.807, 2.05) is 18.7 Å². The van der Waals surface area contributed by atoms with Gasteiger partial charge in [0.15, 0.2) is 0 Å². The van der Waals surface area contributed by atoms with Crippen LogP contribution in [-0.2, 0) is 14.3 Å². The monoisotopic (exact) mass is 269 g/mol. The molecule has 0 unspecified atom stereocenters. The number of ether oxygens (including phenoxy) is 1. The zero-order chi connectivity index (χ0) is 14.3. The Morgan fingerprint density at radius 3 is 2.26 bits per heavy atom. The Bertz CT molecular complexity index is 387. The van der Waals surface area contributed by atoms with Crippen LogP contribution in [0.2, 0.25) is 0 Å². The van der Waals surface area contributed by atoms with Gasteiger partial charge in [-0.2, -0.15) is 0 Å². The third kappa shape index (κ3) is 2.14. The standard InChI is InChI=1S/C14H23NO4/c1-13(2)10(4-5-14(13,3)12(17)18)11(16)15-6-8-19-9-7-15/h10H,4-9H2,1-3H3,(H,17,18)/t10-,14+/m0/s1. The molecule has 5 nitrogen and oxygen atoms in total. The zero-order valence-corrected chi connectivity index (χ0v) is 11.9. The first kappa shape index (κ1) is 14.3. The van der Waals surface area contributed by atoms with Crippen LogP contribution in [0.3, 0.4) is 0 Å². The molecular weight excluding hydrogens is 246 g/mol. The molecule has 1 amide bonds. The summed E-state index contributed by atoms with van der Waals surface area (Å²) < 4.78 is 5.26. The molecule has 1 heterocycles. The second-order valence-corrected chi connectivity index (χ2v) is 6.39. The lowest BCUT2D eigenvalue weighted by molar-refractivity contribution is -0.157. The van der Waals surface area contributed by atoms with Crippen LogP contribution in [0, 0.1) is 16.7 Å². The molecule has 2 rings (SSSR count). The Morgan fingerprint density at radius 1 is 1.21 bits per heavy atom. The average molecular weight is 269 g/mol. The molecule has 0 aromatic rings. The smallest absolute Gasteiger partial charge is 0.309 e. The second kappa shape index (κ2) is 4.78. The summed E-state index contributed by atoms with van der Waals surface area (Å²) >= 11 is 0. The summed E-state index contributed by atoms with van der Waals surface area (Å²) in [7, 11) is 0. The molecule has 2 atom stereocenters. The highest BCUT2D eigenvalue weighted by Crippen LogP contribution is 2.56. The van der Waals surface area contributed by atoms with Crippen LogP contribution in [0.4, 0.5) is 0 Å². The predicted octanol–water partition coefficient (Wildman–Crippen LogP) is 1.37. The molecule has 1 saturated heterocycles. The lowest BCUT2D eigenvalue weighted by atomic mass is 9.65. The van der Waals surface area contributed by atoms with Gasteiger partial charge >= 0.3 is 5.97 Å². The first-order valence-corrected chi connectivity index (χ1v) is 6.90. The maximum absolute atomic E-state index is 12.6. The number of hydrogen-bond donors (Lipinski definition) is 1. The van der Waals surface area contributed by atoms with E-state index in [0.717, 1.165) is 0 Å². The van der Waals surface area contributed by atoms with Crippen LogP contribution < -0.4 is 0 Å².